The van der Waals surface area contributed by atoms with Gasteiger partial charge in [0.25, 0.3) is 0 Å². The van der Waals surface area contributed by atoms with E-state index < -0.39 is 32.5 Å². The van der Waals surface area contributed by atoms with Crippen LogP contribution in [0.5, 0.6) is 5.88 Å². The van der Waals surface area contributed by atoms with Crippen molar-refractivity contribution in [3.05, 3.63) is 54.4 Å². The third kappa shape index (κ3) is 4.96. The van der Waals surface area contributed by atoms with Crippen molar-refractivity contribution < 1.29 is 22.7 Å². The maximum Gasteiger partial charge on any atom is 0.237 e. The Bertz CT molecular complexity index is 1400. The average Bonchev–Trinajstić information content (AvgIpc) is 3.76. The second-order valence-electron chi connectivity index (χ2n) is 8.97. The van der Waals surface area contributed by atoms with Gasteiger partial charge in [0.2, 0.25) is 27.8 Å². The summed E-state index contributed by atoms with van der Waals surface area (Å²) in [5.74, 6) is -0.839. The summed E-state index contributed by atoms with van der Waals surface area (Å²) in [5, 5.41) is -0.442. The van der Waals surface area contributed by atoms with Crippen LogP contribution in [0.15, 0.2) is 43.0 Å². The quantitative estimate of drug-likeness (QED) is 0.417. The second-order valence-corrected chi connectivity index (χ2v) is 10.9. The molecule has 0 spiro atoms. The molecule has 194 valence electrons. The molecule has 1 amide bonds. The molecule has 12 nitrogen and oxygen atoms in total. The smallest absolute Gasteiger partial charge is 0.237 e. The first-order chi connectivity index (χ1) is 17.8. The lowest BCUT2D eigenvalue weighted by Crippen LogP contribution is -2.51. The Morgan fingerprint density at radius 3 is 2.73 bits per heavy atom. The van der Waals surface area contributed by atoms with Gasteiger partial charge in [-0.25, -0.2) is 23.4 Å². The van der Waals surface area contributed by atoms with Crippen molar-refractivity contribution in [3.8, 4) is 17.1 Å². The van der Waals surface area contributed by atoms with Crippen molar-refractivity contribution in [2.45, 2.75) is 42.8 Å². The zero-order valence-electron chi connectivity index (χ0n) is 20.2. The number of primary amides is 1. The number of sulfonamides is 1. The summed E-state index contributed by atoms with van der Waals surface area (Å²) in [6.07, 6.45) is 7.67. The van der Waals surface area contributed by atoms with Crippen molar-refractivity contribution in [2.24, 2.45) is 5.73 Å². The number of nitrogens with zero attached hydrogens (tertiary/aromatic N) is 5. The zero-order chi connectivity index (χ0) is 26.0. The predicted octanol–water partition coefficient (Wildman–Crippen LogP) is 1.56. The largest absolute Gasteiger partial charge is 0.477 e. The summed E-state index contributed by atoms with van der Waals surface area (Å²) in [6.45, 7) is 2.80. The molecule has 1 saturated carbocycles. The molecule has 0 bridgehead atoms. The number of anilines is 1. The van der Waals surface area contributed by atoms with E-state index in [1.807, 2.05) is 13.0 Å². The first-order valence-electron chi connectivity index (χ1n) is 12.0. The Kier molecular flexibility index (Phi) is 6.73. The summed E-state index contributed by atoms with van der Waals surface area (Å²) in [7, 11) is -3.58. The van der Waals surface area contributed by atoms with Gasteiger partial charge >= 0.3 is 0 Å². The van der Waals surface area contributed by atoms with Crippen molar-refractivity contribution >= 4 is 21.9 Å². The molecule has 0 aromatic carbocycles. The normalized spacial score (nSPS) is 21.8. The molecule has 3 aromatic rings. The summed E-state index contributed by atoms with van der Waals surface area (Å²) in [4.78, 5) is 34.8. The lowest BCUT2D eigenvalue weighted by molar-refractivity contribution is -0.128. The van der Waals surface area contributed by atoms with Crippen molar-refractivity contribution in [1.29, 1.82) is 0 Å². The second kappa shape index (κ2) is 9.98. The molecule has 2 unspecified atom stereocenters. The predicted molar refractivity (Wildman–Crippen MR) is 133 cm³/mol. The first-order valence-corrected chi connectivity index (χ1v) is 13.5. The summed E-state index contributed by atoms with van der Waals surface area (Å²) in [5.41, 5.74) is 6.95. The number of hydrogen-bond donors (Lipinski definition) is 2. The number of carbonyl (C=O) groups excluding carboxylic acids is 1. The summed E-state index contributed by atoms with van der Waals surface area (Å²) >= 11 is 0. The summed E-state index contributed by atoms with van der Waals surface area (Å²) in [6, 6.07) is 5.21. The Hall–Kier alpha value is -3.71. The number of nitrogens with one attached hydrogen (secondary N) is 1. The lowest BCUT2D eigenvalue weighted by Gasteiger charge is -2.40. The molecule has 5 rings (SSSR count). The van der Waals surface area contributed by atoms with E-state index in [0.29, 0.717) is 42.4 Å². The van der Waals surface area contributed by atoms with Gasteiger partial charge in [0, 0.05) is 36.2 Å². The highest BCUT2D eigenvalue weighted by Gasteiger charge is 2.51. The molecule has 2 aliphatic rings. The number of hydrogen-bond acceptors (Lipinski definition) is 10. The van der Waals surface area contributed by atoms with E-state index in [9.17, 15) is 13.2 Å². The highest BCUT2D eigenvalue weighted by Crippen LogP contribution is 2.44. The molecule has 37 heavy (non-hydrogen) atoms. The summed E-state index contributed by atoms with van der Waals surface area (Å²) < 4.78 is 38.4. The SMILES string of the molecule is CCOc1cncc(-c2ccc(C3COCCC3(C(N)=O)c3ccnc(NS(=O)(=O)C4CC4)n3)nc2)n1. The minimum absolute atomic E-state index is 0.0914. The van der Waals surface area contributed by atoms with Crippen molar-refractivity contribution in [1.82, 2.24) is 24.9 Å². The van der Waals surface area contributed by atoms with Gasteiger partial charge in [-0.15, -0.1) is 0 Å². The Labute approximate surface area is 214 Å². The number of rotatable bonds is 9. The zero-order valence-corrected chi connectivity index (χ0v) is 21.0. The number of pyridine rings is 1. The van der Waals surface area contributed by atoms with Crippen molar-refractivity contribution in [3.63, 3.8) is 0 Å². The standard InChI is InChI=1S/C24H27N7O5S/c1-2-36-21-13-26-12-19(29-21)15-3-6-18(28-11-15)17-14-35-10-8-24(17,22(25)32)20-7-9-27-23(30-20)31-37(33,34)16-4-5-16/h3,6-7,9,11-13,16-17H,2,4-5,8,10,14H2,1H3,(H2,25,32)(H,27,30,31). The maximum absolute atomic E-state index is 13.1. The highest BCUT2D eigenvalue weighted by atomic mass is 32.2. The molecule has 0 radical (unpaired) electrons. The minimum atomic E-state index is -3.58. The van der Waals surface area contributed by atoms with Gasteiger partial charge in [0.15, 0.2) is 0 Å². The third-order valence-corrected chi connectivity index (χ3v) is 8.43. The number of carbonyl (C=O) groups is 1. The van der Waals surface area contributed by atoms with Gasteiger partial charge in [-0.2, -0.15) is 0 Å². The topological polar surface area (TPSA) is 172 Å². The van der Waals surface area contributed by atoms with E-state index in [4.69, 9.17) is 15.2 Å². The molecule has 1 saturated heterocycles. The van der Waals surface area contributed by atoms with Crippen LogP contribution in [0.25, 0.3) is 11.3 Å². The van der Waals surface area contributed by atoms with Crippen LogP contribution in [0.2, 0.25) is 0 Å². The van der Waals surface area contributed by atoms with E-state index in [1.165, 1.54) is 12.4 Å². The lowest BCUT2D eigenvalue weighted by atomic mass is 9.67. The molecule has 2 atom stereocenters. The molecular weight excluding hydrogens is 498 g/mol. The van der Waals surface area contributed by atoms with Crippen LogP contribution in [-0.4, -0.2) is 64.3 Å². The monoisotopic (exact) mass is 525 g/mol. The van der Waals surface area contributed by atoms with Gasteiger partial charge in [-0.3, -0.25) is 19.5 Å². The molecule has 1 aliphatic heterocycles. The van der Waals surface area contributed by atoms with Crippen LogP contribution in [0.3, 0.4) is 0 Å². The van der Waals surface area contributed by atoms with Crippen LogP contribution in [0, 0.1) is 0 Å². The van der Waals surface area contributed by atoms with Crippen LogP contribution in [-0.2, 0) is 25.0 Å². The van der Waals surface area contributed by atoms with E-state index in [0.717, 1.165) is 5.56 Å². The van der Waals surface area contributed by atoms with Gasteiger partial charge in [0.05, 0.1) is 42.2 Å². The average molecular weight is 526 g/mol. The van der Waals surface area contributed by atoms with Crippen LogP contribution in [0.4, 0.5) is 5.95 Å². The molecule has 1 aliphatic carbocycles. The Morgan fingerprint density at radius 1 is 1.19 bits per heavy atom. The van der Waals surface area contributed by atoms with Crippen LogP contribution in [0.1, 0.15) is 43.5 Å². The Balaban J connectivity index is 1.48. The van der Waals surface area contributed by atoms with E-state index in [-0.39, 0.29) is 25.6 Å². The molecular formula is C24H27N7O5S. The number of ether oxygens (including phenoxy) is 2. The number of amides is 1. The van der Waals surface area contributed by atoms with Gasteiger partial charge in [-0.05, 0) is 44.4 Å². The fraction of sp³-hybridized carbons (Fsp3) is 0.417. The number of aromatic nitrogens is 5. The molecule has 13 heteroatoms. The highest BCUT2D eigenvalue weighted by molar-refractivity contribution is 7.93. The fourth-order valence-electron chi connectivity index (χ4n) is 4.53. The fourth-order valence-corrected chi connectivity index (χ4v) is 5.81. The van der Waals surface area contributed by atoms with E-state index in [2.05, 4.69) is 29.6 Å². The minimum Gasteiger partial charge on any atom is -0.477 e. The van der Waals surface area contributed by atoms with Crippen LogP contribution < -0.4 is 15.2 Å². The van der Waals surface area contributed by atoms with E-state index >= 15 is 0 Å². The van der Waals surface area contributed by atoms with Gasteiger partial charge < -0.3 is 15.2 Å². The Morgan fingerprint density at radius 2 is 2.03 bits per heavy atom. The first kappa shape index (κ1) is 25.0. The van der Waals surface area contributed by atoms with Crippen molar-refractivity contribution in [2.75, 3.05) is 24.5 Å². The molecule has 3 aromatic heterocycles. The molecule has 4 heterocycles. The van der Waals surface area contributed by atoms with Gasteiger partial charge in [-0.1, -0.05) is 0 Å². The molecule has 3 N–H and O–H groups in total. The van der Waals surface area contributed by atoms with Gasteiger partial charge in [0.1, 0.15) is 5.41 Å². The third-order valence-electron chi connectivity index (χ3n) is 6.61. The van der Waals surface area contributed by atoms with E-state index in [1.54, 1.807) is 24.5 Å². The molecule has 2 fully saturated rings. The number of nitrogens with two attached hydrogens (primary N) is 1. The van der Waals surface area contributed by atoms with Crippen LogP contribution >= 0.6 is 0 Å². The maximum atomic E-state index is 13.1.